The van der Waals surface area contributed by atoms with Crippen molar-refractivity contribution in [1.29, 1.82) is 0 Å². The van der Waals surface area contributed by atoms with Crippen LogP contribution in [-0.4, -0.2) is 12.6 Å². The van der Waals surface area contributed by atoms with Crippen LogP contribution < -0.4 is 5.32 Å². The molecular formula is C18H25ClFN. The lowest BCUT2D eigenvalue weighted by atomic mass is 9.91. The van der Waals surface area contributed by atoms with Gasteiger partial charge < -0.3 is 5.32 Å². The molecule has 1 N–H and O–H groups in total. The van der Waals surface area contributed by atoms with Crippen molar-refractivity contribution in [3.63, 3.8) is 0 Å². The van der Waals surface area contributed by atoms with Gasteiger partial charge in [0.05, 0.1) is 0 Å². The van der Waals surface area contributed by atoms with E-state index in [-0.39, 0.29) is 5.82 Å². The Bertz CT molecular complexity index is 484. The van der Waals surface area contributed by atoms with Gasteiger partial charge in [-0.2, -0.15) is 0 Å². The van der Waals surface area contributed by atoms with Gasteiger partial charge in [0, 0.05) is 11.1 Å². The Labute approximate surface area is 132 Å². The van der Waals surface area contributed by atoms with E-state index in [1.54, 1.807) is 5.57 Å². The van der Waals surface area contributed by atoms with E-state index in [2.05, 4.69) is 18.3 Å². The van der Waals surface area contributed by atoms with Gasteiger partial charge in [0.15, 0.2) is 0 Å². The van der Waals surface area contributed by atoms with Crippen LogP contribution in [0.4, 0.5) is 4.39 Å². The van der Waals surface area contributed by atoms with Crippen molar-refractivity contribution in [3.05, 3.63) is 46.3 Å². The Morgan fingerprint density at radius 3 is 2.81 bits per heavy atom. The van der Waals surface area contributed by atoms with Crippen LogP contribution in [0.3, 0.4) is 0 Å². The number of benzene rings is 1. The molecule has 0 bridgehead atoms. The maximum absolute atomic E-state index is 13.2. The molecule has 0 saturated heterocycles. The number of allylic oxidation sites excluding steroid dienone is 1. The fourth-order valence-corrected chi connectivity index (χ4v) is 3.17. The summed E-state index contributed by atoms with van der Waals surface area (Å²) in [5.41, 5.74) is 2.59. The largest absolute Gasteiger partial charge is 0.313 e. The lowest BCUT2D eigenvalue weighted by Gasteiger charge is -2.22. The van der Waals surface area contributed by atoms with Crippen molar-refractivity contribution >= 4 is 11.6 Å². The average Bonchev–Trinajstić information content (AvgIpc) is 2.48. The third-order valence-corrected chi connectivity index (χ3v) is 4.41. The molecule has 0 spiro atoms. The van der Waals surface area contributed by atoms with Crippen LogP contribution in [0.25, 0.3) is 0 Å². The third kappa shape index (κ3) is 5.44. The predicted molar refractivity (Wildman–Crippen MR) is 88.4 cm³/mol. The van der Waals surface area contributed by atoms with E-state index in [0.29, 0.717) is 11.1 Å². The maximum atomic E-state index is 13.2. The standard InChI is InChI=1S/C18H25ClFN/c1-2-10-21-17(11-14-6-4-3-5-7-14)12-15-8-9-16(20)13-18(15)19/h6,8-9,13,17,21H,2-5,7,10-12H2,1H3. The van der Waals surface area contributed by atoms with Crippen molar-refractivity contribution in [3.8, 4) is 0 Å². The second-order valence-corrected chi connectivity index (χ2v) is 6.31. The van der Waals surface area contributed by atoms with Gasteiger partial charge in [-0.3, -0.25) is 0 Å². The van der Waals surface area contributed by atoms with Crippen LogP contribution in [0.2, 0.25) is 5.02 Å². The summed E-state index contributed by atoms with van der Waals surface area (Å²) < 4.78 is 13.2. The highest BCUT2D eigenvalue weighted by atomic mass is 35.5. The zero-order valence-corrected chi connectivity index (χ0v) is 13.6. The van der Waals surface area contributed by atoms with Crippen LogP contribution in [-0.2, 0) is 6.42 Å². The van der Waals surface area contributed by atoms with Gasteiger partial charge in [0.25, 0.3) is 0 Å². The van der Waals surface area contributed by atoms with Gasteiger partial charge in [-0.1, -0.05) is 36.2 Å². The smallest absolute Gasteiger partial charge is 0.124 e. The van der Waals surface area contributed by atoms with E-state index >= 15 is 0 Å². The topological polar surface area (TPSA) is 12.0 Å². The lowest BCUT2D eigenvalue weighted by molar-refractivity contribution is 0.490. The molecule has 21 heavy (non-hydrogen) atoms. The molecule has 1 aromatic rings. The Morgan fingerprint density at radius 1 is 1.29 bits per heavy atom. The molecule has 0 fully saturated rings. The second-order valence-electron chi connectivity index (χ2n) is 5.90. The minimum absolute atomic E-state index is 0.267. The molecule has 0 radical (unpaired) electrons. The first-order valence-corrected chi connectivity index (χ1v) is 8.42. The van der Waals surface area contributed by atoms with E-state index in [1.807, 2.05) is 6.07 Å². The molecule has 0 heterocycles. The highest BCUT2D eigenvalue weighted by Gasteiger charge is 2.15. The first-order chi connectivity index (χ1) is 10.2. The van der Waals surface area contributed by atoms with Crippen LogP contribution in [0.5, 0.6) is 0 Å². The summed E-state index contributed by atoms with van der Waals surface area (Å²) in [6.45, 7) is 3.19. The molecule has 0 aliphatic heterocycles. The van der Waals surface area contributed by atoms with Crippen LogP contribution in [0, 0.1) is 5.82 Å². The molecule has 1 unspecified atom stereocenters. The molecule has 3 heteroatoms. The molecule has 1 atom stereocenters. The van der Waals surface area contributed by atoms with E-state index in [9.17, 15) is 4.39 Å². The summed E-state index contributed by atoms with van der Waals surface area (Å²) in [7, 11) is 0. The molecule has 1 nitrogen and oxygen atoms in total. The van der Waals surface area contributed by atoms with Crippen LogP contribution >= 0.6 is 11.6 Å². The van der Waals surface area contributed by atoms with Gasteiger partial charge in [-0.15, -0.1) is 0 Å². The Balaban J connectivity index is 2.02. The number of nitrogens with one attached hydrogen (secondary N) is 1. The van der Waals surface area contributed by atoms with E-state index in [1.165, 1.54) is 37.8 Å². The second kappa shape index (κ2) is 8.55. The normalized spacial score (nSPS) is 16.6. The molecule has 0 amide bonds. The summed E-state index contributed by atoms with van der Waals surface area (Å²) in [4.78, 5) is 0. The first kappa shape index (κ1) is 16.5. The summed E-state index contributed by atoms with van der Waals surface area (Å²) in [6, 6.07) is 5.11. The highest BCUT2D eigenvalue weighted by Crippen LogP contribution is 2.24. The Hall–Kier alpha value is -0.860. The third-order valence-electron chi connectivity index (χ3n) is 4.06. The maximum Gasteiger partial charge on any atom is 0.124 e. The quantitative estimate of drug-likeness (QED) is 0.676. The van der Waals surface area contributed by atoms with E-state index < -0.39 is 0 Å². The van der Waals surface area contributed by atoms with Crippen molar-refractivity contribution in [2.45, 2.75) is 57.9 Å². The molecule has 1 aliphatic carbocycles. The first-order valence-electron chi connectivity index (χ1n) is 8.04. The van der Waals surface area contributed by atoms with Crippen LogP contribution in [0.15, 0.2) is 29.8 Å². The zero-order valence-electron chi connectivity index (χ0n) is 12.8. The number of halogens is 2. The van der Waals surface area contributed by atoms with Crippen LogP contribution in [0.1, 0.15) is 51.0 Å². The van der Waals surface area contributed by atoms with Crippen molar-refractivity contribution in [1.82, 2.24) is 5.32 Å². The number of hydrogen-bond donors (Lipinski definition) is 1. The summed E-state index contributed by atoms with van der Waals surface area (Å²) >= 11 is 6.17. The number of rotatable bonds is 7. The lowest BCUT2D eigenvalue weighted by Crippen LogP contribution is -2.32. The minimum Gasteiger partial charge on any atom is -0.313 e. The summed E-state index contributed by atoms with van der Waals surface area (Å²) in [6.07, 6.45) is 10.5. The minimum atomic E-state index is -0.267. The van der Waals surface area contributed by atoms with Gasteiger partial charge in [0.2, 0.25) is 0 Å². The Morgan fingerprint density at radius 2 is 2.14 bits per heavy atom. The van der Waals surface area contributed by atoms with Crippen molar-refractivity contribution < 1.29 is 4.39 Å². The summed E-state index contributed by atoms with van der Waals surface area (Å²) in [5.74, 6) is -0.267. The monoisotopic (exact) mass is 309 g/mol. The van der Waals surface area contributed by atoms with Crippen molar-refractivity contribution in [2.24, 2.45) is 0 Å². The zero-order chi connectivity index (χ0) is 15.1. The molecular weight excluding hydrogens is 285 g/mol. The summed E-state index contributed by atoms with van der Waals surface area (Å²) in [5, 5.41) is 4.15. The van der Waals surface area contributed by atoms with Gasteiger partial charge in [-0.05, 0) is 69.2 Å². The van der Waals surface area contributed by atoms with Gasteiger partial charge >= 0.3 is 0 Å². The highest BCUT2D eigenvalue weighted by molar-refractivity contribution is 6.31. The predicted octanol–water partition coefficient (Wildman–Crippen LogP) is 5.28. The molecule has 116 valence electrons. The number of hydrogen-bond acceptors (Lipinski definition) is 1. The SMILES string of the molecule is CCCNC(CC1=CCCCC1)Cc1ccc(F)cc1Cl. The molecule has 1 aliphatic rings. The van der Waals surface area contributed by atoms with E-state index in [0.717, 1.165) is 31.4 Å². The van der Waals surface area contributed by atoms with Gasteiger partial charge in [0.1, 0.15) is 5.82 Å². The average molecular weight is 310 g/mol. The van der Waals surface area contributed by atoms with Gasteiger partial charge in [-0.25, -0.2) is 4.39 Å². The van der Waals surface area contributed by atoms with Crippen molar-refractivity contribution in [2.75, 3.05) is 6.54 Å². The molecule has 0 saturated carbocycles. The fraction of sp³-hybridized carbons (Fsp3) is 0.556. The fourth-order valence-electron chi connectivity index (χ4n) is 2.92. The van der Waals surface area contributed by atoms with E-state index in [4.69, 9.17) is 11.6 Å². The Kier molecular flexibility index (Phi) is 6.72. The molecule has 2 rings (SSSR count). The molecule has 1 aromatic carbocycles. The molecule has 0 aromatic heterocycles.